The Bertz CT molecular complexity index is 1130. The largest absolute Gasteiger partial charge is 0.355 e. The van der Waals surface area contributed by atoms with Gasteiger partial charge in [-0.25, -0.2) is 4.98 Å². The minimum atomic E-state index is -0.394. The highest BCUT2D eigenvalue weighted by atomic mass is 16.5. The third-order valence-electron chi connectivity index (χ3n) is 4.23. The summed E-state index contributed by atoms with van der Waals surface area (Å²) in [4.78, 5) is 28.9. The van der Waals surface area contributed by atoms with E-state index in [9.17, 15) is 9.59 Å². The molecular formula is C21H16N4O3. The highest BCUT2D eigenvalue weighted by Crippen LogP contribution is 2.20. The highest BCUT2D eigenvalue weighted by Gasteiger charge is 2.16. The van der Waals surface area contributed by atoms with E-state index in [1.165, 1.54) is 0 Å². The number of rotatable bonds is 5. The van der Waals surface area contributed by atoms with Gasteiger partial charge in [0.1, 0.15) is 0 Å². The molecule has 138 valence electrons. The van der Waals surface area contributed by atoms with Gasteiger partial charge < -0.3 is 14.4 Å². The summed E-state index contributed by atoms with van der Waals surface area (Å²) >= 11 is 0. The molecule has 0 saturated carbocycles. The van der Waals surface area contributed by atoms with E-state index in [-0.39, 0.29) is 11.5 Å². The van der Waals surface area contributed by atoms with Crippen LogP contribution in [0.5, 0.6) is 0 Å². The summed E-state index contributed by atoms with van der Waals surface area (Å²) in [6.45, 7) is 0. The Kier molecular flexibility index (Phi) is 4.55. The average molecular weight is 372 g/mol. The number of anilines is 1. The molecule has 0 saturated heterocycles. The van der Waals surface area contributed by atoms with Gasteiger partial charge >= 0.3 is 0 Å². The van der Waals surface area contributed by atoms with Crippen molar-refractivity contribution < 1.29 is 14.1 Å². The third-order valence-corrected chi connectivity index (χ3v) is 4.23. The zero-order valence-electron chi connectivity index (χ0n) is 15.0. The van der Waals surface area contributed by atoms with Crippen LogP contribution in [-0.2, 0) is 7.05 Å². The first-order chi connectivity index (χ1) is 13.6. The van der Waals surface area contributed by atoms with Crippen LogP contribution in [0.3, 0.4) is 0 Å². The summed E-state index contributed by atoms with van der Waals surface area (Å²) in [6, 6.07) is 17.6. The van der Waals surface area contributed by atoms with Gasteiger partial charge in [0.05, 0.1) is 0 Å². The van der Waals surface area contributed by atoms with E-state index in [4.69, 9.17) is 4.52 Å². The summed E-state index contributed by atoms with van der Waals surface area (Å²) in [5.41, 5.74) is 2.05. The molecule has 4 aromatic rings. The molecule has 0 fully saturated rings. The fourth-order valence-electron chi connectivity index (χ4n) is 2.73. The predicted molar refractivity (Wildman–Crippen MR) is 103 cm³/mol. The lowest BCUT2D eigenvalue weighted by Crippen LogP contribution is -2.13. The van der Waals surface area contributed by atoms with Crippen molar-refractivity contribution >= 4 is 17.4 Å². The summed E-state index contributed by atoms with van der Waals surface area (Å²) in [5.74, 6) is 0.290. The molecule has 0 radical (unpaired) electrons. The number of hydrogen-bond donors (Lipinski definition) is 1. The number of carbonyl (C=O) groups excluding carboxylic acids is 2. The van der Waals surface area contributed by atoms with E-state index in [0.29, 0.717) is 22.8 Å². The zero-order chi connectivity index (χ0) is 19.5. The Morgan fingerprint density at radius 3 is 2.46 bits per heavy atom. The Balaban J connectivity index is 1.46. The van der Waals surface area contributed by atoms with Gasteiger partial charge in [-0.1, -0.05) is 35.5 Å². The molecule has 0 spiro atoms. The lowest BCUT2D eigenvalue weighted by Gasteiger charge is -2.05. The number of hydrogen-bond acceptors (Lipinski definition) is 5. The van der Waals surface area contributed by atoms with Crippen molar-refractivity contribution in [3.8, 4) is 11.3 Å². The van der Waals surface area contributed by atoms with E-state index < -0.39 is 5.91 Å². The van der Waals surface area contributed by atoms with E-state index in [2.05, 4.69) is 15.5 Å². The van der Waals surface area contributed by atoms with Crippen LogP contribution in [0.1, 0.15) is 26.7 Å². The smallest absolute Gasteiger partial charge is 0.277 e. The van der Waals surface area contributed by atoms with Crippen LogP contribution in [0, 0.1) is 0 Å². The number of aryl methyl sites for hydroxylation is 1. The maximum absolute atomic E-state index is 12.4. The van der Waals surface area contributed by atoms with Gasteiger partial charge in [0.15, 0.2) is 17.3 Å². The van der Waals surface area contributed by atoms with E-state index in [1.807, 2.05) is 30.3 Å². The Morgan fingerprint density at radius 1 is 1.04 bits per heavy atom. The van der Waals surface area contributed by atoms with Gasteiger partial charge in [0.2, 0.25) is 5.78 Å². The molecule has 7 nitrogen and oxygen atoms in total. The number of ketones is 1. The van der Waals surface area contributed by atoms with Crippen LogP contribution in [0.15, 0.2) is 77.6 Å². The molecule has 0 unspecified atom stereocenters. The average Bonchev–Trinajstić information content (AvgIpc) is 3.38. The molecule has 0 aliphatic rings. The number of imidazole rings is 1. The van der Waals surface area contributed by atoms with Crippen molar-refractivity contribution in [3.63, 3.8) is 0 Å². The maximum Gasteiger partial charge on any atom is 0.277 e. The van der Waals surface area contributed by atoms with Crippen molar-refractivity contribution in [3.05, 3.63) is 90.1 Å². The van der Waals surface area contributed by atoms with Crippen molar-refractivity contribution in [1.82, 2.24) is 14.7 Å². The van der Waals surface area contributed by atoms with Crippen molar-refractivity contribution in [1.29, 1.82) is 0 Å². The first-order valence-corrected chi connectivity index (χ1v) is 8.57. The van der Waals surface area contributed by atoms with Crippen LogP contribution in [0.25, 0.3) is 11.3 Å². The molecule has 28 heavy (non-hydrogen) atoms. The molecule has 0 aliphatic heterocycles. The van der Waals surface area contributed by atoms with E-state index >= 15 is 0 Å². The summed E-state index contributed by atoms with van der Waals surface area (Å²) in [5, 5.41) is 6.57. The normalized spacial score (nSPS) is 10.6. The number of amides is 1. The Labute approximate surface area is 160 Å². The quantitative estimate of drug-likeness (QED) is 0.541. The second-order valence-corrected chi connectivity index (χ2v) is 6.16. The molecule has 1 N–H and O–H groups in total. The fraction of sp³-hybridized carbons (Fsp3) is 0.0476. The molecule has 1 amide bonds. The maximum atomic E-state index is 12.4. The van der Waals surface area contributed by atoms with Gasteiger partial charge in [-0.2, -0.15) is 0 Å². The predicted octanol–water partition coefficient (Wildman–Crippen LogP) is 3.56. The molecule has 4 rings (SSSR count). The SMILES string of the molecule is Cn1ccnc1C(=O)c1ccc(NC(=O)c2cc(-c3ccccc3)on2)cc1. The number of nitrogens with one attached hydrogen (secondary N) is 1. The van der Waals surface area contributed by atoms with Crippen LogP contribution in [0.2, 0.25) is 0 Å². The molecule has 2 aromatic carbocycles. The van der Waals surface area contributed by atoms with Gasteiger partial charge in [-0.3, -0.25) is 9.59 Å². The second-order valence-electron chi connectivity index (χ2n) is 6.16. The fourth-order valence-corrected chi connectivity index (χ4v) is 2.73. The number of aromatic nitrogens is 3. The van der Waals surface area contributed by atoms with Gasteiger partial charge in [-0.15, -0.1) is 0 Å². The summed E-state index contributed by atoms with van der Waals surface area (Å²) < 4.78 is 6.91. The van der Waals surface area contributed by atoms with E-state index in [0.717, 1.165) is 5.56 Å². The molecule has 7 heteroatoms. The van der Waals surface area contributed by atoms with Crippen LogP contribution >= 0.6 is 0 Å². The van der Waals surface area contributed by atoms with Crippen LogP contribution < -0.4 is 5.32 Å². The topological polar surface area (TPSA) is 90.0 Å². The molecule has 0 atom stereocenters. The van der Waals surface area contributed by atoms with Gasteiger partial charge in [0, 0.05) is 42.3 Å². The first-order valence-electron chi connectivity index (χ1n) is 8.57. The Morgan fingerprint density at radius 2 is 1.79 bits per heavy atom. The molecule has 2 heterocycles. The van der Waals surface area contributed by atoms with Crippen LogP contribution in [-0.4, -0.2) is 26.4 Å². The summed E-state index contributed by atoms with van der Waals surface area (Å²) in [6.07, 6.45) is 3.28. The first kappa shape index (κ1) is 17.4. The van der Waals surface area contributed by atoms with E-state index in [1.54, 1.807) is 54.3 Å². The molecular weight excluding hydrogens is 356 g/mol. The standard InChI is InChI=1S/C21H16N4O3/c1-25-12-11-22-20(25)19(26)15-7-9-16(10-8-15)23-21(27)17-13-18(28-24-17)14-5-3-2-4-6-14/h2-13H,1H3,(H,23,27). The minimum absolute atomic E-state index is 0.173. The van der Waals surface area contributed by atoms with Crippen LogP contribution in [0.4, 0.5) is 5.69 Å². The monoisotopic (exact) mass is 372 g/mol. The second kappa shape index (κ2) is 7.32. The number of carbonyl (C=O) groups is 2. The molecule has 0 aliphatic carbocycles. The number of benzene rings is 2. The minimum Gasteiger partial charge on any atom is -0.355 e. The highest BCUT2D eigenvalue weighted by molar-refractivity contribution is 6.07. The van der Waals surface area contributed by atoms with Gasteiger partial charge in [-0.05, 0) is 24.3 Å². The Hall–Kier alpha value is -4.00. The third kappa shape index (κ3) is 3.45. The number of nitrogens with zero attached hydrogens (tertiary/aromatic N) is 3. The zero-order valence-corrected chi connectivity index (χ0v) is 15.0. The van der Waals surface area contributed by atoms with Crippen molar-refractivity contribution in [2.45, 2.75) is 0 Å². The lowest BCUT2D eigenvalue weighted by molar-refractivity contribution is 0.101. The molecule has 0 bridgehead atoms. The van der Waals surface area contributed by atoms with Gasteiger partial charge in [0.25, 0.3) is 5.91 Å². The van der Waals surface area contributed by atoms with Crippen molar-refractivity contribution in [2.75, 3.05) is 5.32 Å². The molecule has 2 aromatic heterocycles. The lowest BCUT2D eigenvalue weighted by atomic mass is 10.1. The van der Waals surface area contributed by atoms with Crippen molar-refractivity contribution in [2.24, 2.45) is 7.05 Å². The summed E-state index contributed by atoms with van der Waals surface area (Å²) in [7, 11) is 1.76.